The van der Waals surface area contributed by atoms with Gasteiger partial charge in [-0.3, -0.25) is 0 Å². The highest BCUT2D eigenvalue weighted by atomic mass is 79.9. The number of anilines is 1. The first-order chi connectivity index (χ1) is 9.38. The van der Waals surface area contributed by atoms with E-state index in [1.54, 1.807) is 13.0 Å². The Morgan fingerprint density at radius 2 is 1.85 bits per heavy atom. The van der Waals surface area contributed by atoms with E-state index in [2.05, 4.69) is 21.2 Å². The maximum Gasteiger partial charge on any atom is 0.339 e. The van der Waals surface area contributed by atoms with E-state index in [0.717, 1.165) is 21.3 Å². The lowest BCUT2D eigenvalue weighted by atomic mass is 10.1. The van der Waals surface area contributed by atoms with Crippen molar-refractivity contribution in [2.45, 2.75) is 27.3 Å². The number of carboxylic acid groups (broad SMARTS) is 1. The zero-order chi connectivity index (χ0) is 14.9. The number of hydrogen-bond acceptors (Lipinski definition) is 3. The van der Waals surface area contributed by atoms with Crippen LogP contribution in [-0.4, -0.2) is 11.1 Å². The molecule has 0 unspecified atom stereocenters. The fourth-order valence-corrected chi connectivity index (χ4v) is 2.89. The van der Waals surface area contributed by atoms with Crippen molar-refractivity contribution in [3.63, 3.8) is 0 Å². The second-order valence-electron chi connectivity index (χ2n) is 4.76. The maximum absolute atomic E-state index is 11.0. The van der Waals surface area contributed by atoms with Gasteiger partial charge in [0.1, 0.15) is 17.1 Å². The first-order valence-electron chi connectivity index (χ1n) is 6.21. The quantitative estimate of drug-likeness (QED) is 0.874. The first kappa shape index (κ1) is 14.7. The number of carbonyl (C=O) groups is 1. The van der Waals surface area contributed by atoms with Crippen molar-refractivity contribution < 1.29 is 14.3 Å². The van der Waals surface area contributed by atoms with Gasteiger partial charge in [0.25, 0.3) is 0 Å². The molecule has 1 aromatic heterocycles. The van der Waals surface area contributed by atoms with Gasteiger partial charge in [-0.25, -0.2) is 4.79 Å². The van der Waals surface area contributed by atoms with Crippen molar-refractivity contribution in [1.29, 1.82) is 0 Å². The Morgan fingerprint density at radius 3 is 2.35 bits per heavy atom. The predicted octanol–water partition coefficient (Wildman–Crippen LogP) is 4.28. The number of carboxylic acids is 1. The molecule has 0 spiro atoms. The molecule has 0 saturated carbocycles. The molecule has 2 rings (SSSR count). The summed E-state index contributed by atoms with van der Waals surface area (Å²) < 4.78 is 6.49. The number of furan rings is 1. The number of rotatable bonds is 4. The largest absolute Gasteiger partial charge is 0.478 e. The summed E-state index contributed by atoms with van der Waals surface area (Å²) in [5, 5.41) is 12.3. The minimum atomic E-state index is -0.964. The van der Waals surface area contributed by atoms with Crippen LogP contribution in [0.4, 0.5) is 5.69 Å². The average Bonchev–Trinajstić information content (AvgIpc) is 2.69. The first-order valence-corrected chi connectivity index (χ1v) is 7.01. The highest BCUT2D eigenvalue weighted by molar-refractivity contribution is 9.10. The van der Waals surface area contributed by atoms with Crippen LogP contribution in [0.1, 0.15) is 33.0 Å². The van der Waals surface area contributed by atoms with Crippen LogP contribution in [-0.2, 0) is 6.54 Å². The van der Waals surface area contributed by atoms with Crippen LogP contribution >= 0.6 is 15.9 Å². The number of hydrogen-bond donors (Lipinski definition) is 2. The van der Waals surface area contributed by atoms with E-state index >= 15 is 0 Å². The fourth-order valence-electron chi connectivity index (χ4n) is 2.21. The molecule has 0 fully saturated rings. The second kappa shape index (κ2) is 5.71. The van der Waals surface area contributed by atoms with Gasteiger partial charge in [-0.15, -0.1) is 0 Å². The number of aromatic carboxylic acids is 1. The fraction of sp³-hybridized carbons (Fsp3) is 0.267. The van der Waals surface area contributed by atoms with Crippen LogP contribution in [0.5, 0.6) is 0 Å². The average molecular weight is 338 g/mol. The predicted molar refractivity (Wildman–Crippen MR) is 81.3 cm³/mol. The molecule has 0 atom stereocenters. The molecule has 0 aliphatic heterocycles. The molecule has 0 saturated heterocycles. The third-order valence-electron chi connectivity index (χ3n) is 3.14. The van der Waals surface area contributed by atoms with Crippen molar-refractivity contribution >= 4 is 27.6 Å². The van der Waals surface area contributed by atoms with Gasteiger partial charge in [0.2, 0.25) is 0 Å². The summed E-state index contributed by atoms with van der Waals surface area (Å²) in [4.78, 5) is 11.0. The SMILES string of the molecule is Cc1cc(Br)cc(C)c1NCc1cc(C(=O)O)c(C)o1. The normalized spacial score (nSPS) is 10.6. The minimum absolute atomic E-state index is 0.214. The smallest absolute Gasteiger partial charge is 0.339 e. The minimum Gasteiger partial charge on any atom is -0.478 e. The van der Waals surface area contributed by atoms with E-state index in [9.17, 15) is 4.79 Å². The Balaban J connectivity index is 2.17. The van der Waals surface area contributed by atoms with Gasteiger partial charge in [-0.2, -0.15) is 0 Å². The summed E-state index contributed by atoms with van der Waals surface area (Å²) in [6, 6.07) is 5.63. The summed E-state index contributed by atoms with van der Waals surface area (Å²) in [5.41, 5.74) is 3.50. The van der Waals surface area contributed by atoms with Gasteiger partial charge in [0.15, 0.2) is 0 Å². The lowest BCUT2D eigenvalue weighted by Crippen LogP contribution is -2.02. The molecule has 0 aliphatic rings. The van der Waals surface area contributed by atoms with Crippen molar-refractivity contribution in [1.82, 2.24) is 0 Å². The maximum atomic E-state index is 11.0. The molecule has 0 radical (unpaired) electrons. The van der Waals surface area contributed by atoms with E-state index in [1.165, 1.54) is 0 Å². The molecular formula is C15H16BrNO3. The van der Waals surface area contributed by atoms with Crippen LogP contribution in [0.2, 0.25) is 0 Å². The summed E-state index contributed by atoms with van der Waals surface area (Å²) >= 11 is 3.46. The Morgan fingerprint density at radius 1 is 1.25 bits per heavy atom. The summed E-state index contributed by atoms with van der Waals surface area (Å²) in [7, 11) is 0. The van der Waals surface area contributed by atoms with Crippen molar-refractivity contribution in [2.24, 2.45) is 0 Å². The molecule has 20 heavy (non-hydrogen) atoms. The van der Waals surface area contributed by atoms with E-state index < -0.39 is 5.97 Å². The van der Waals surface area contributed by atoms with Gasteiger partial charge in [0.05, 0.1) is 6.54 Å². The molecule has 2 aromatic rings. The van der Waals surface area contributed by atoms with Gasteiger partial charge in [-0.05, 0) is 50.1 Å². The van der Waals surface area contributed by atoms with Gasteiger partial charge < -0.3 is 14.8 Å². The second-order valence-corrected chi connectivity index (χ2v) is 5.67. The zero-order valence-corrected chi connectivity index (χ0v) is 13.2. The van der Waals surface area contributed by atoms with Gasteiger partial charge in [0, 0.05) is 10.2 Å². The number of halogens is 1. The Bertz CT molecular complexity index is 638. The number of aryl methyl sites for hydroxylation is 3. The highest BCUT2D eigenvalue weighted by Gasteiger charge is 2.14. The van der Waals surface area contributed by atoms with Crippen LogP contribution in [0.15, 0.2) is 27.1 Å². The van der Waals surface area contributed by atoms with Crippen LogP contribution in [0.3, 0.4) is 0 Å². The third-order valence-corrected chi connectivity index (χ3v) is 3.59. The molecule has 0 amide bonds. The molecular weight excluding hydrogens is 322 g/mol. The van der Waals surface area contributed by atoms with E-state index in [1.807, 2.05) is 26.0 Å². The molecule has 1 heterocycles. The van der Waals surface area contributed by atoms with Gasteiger partial charge >= 0.3 is 5.97 Å². The Hall–Kier alpha value is -1.75. The van der Waals surface area contributed by atoms with E-state index in [4.69, 9.17) is 9.52 Å². The van der Waals surface area contributed by atoms with Crippen molar-refractivity contribution in [3.8, 4) is 0 Å². The highest BCUT2D eigenvalue weighted by Crippen LogP contribution is 2.26. The molecule has 0 bridgehead atoms. The summed E-state index contributed by atoms with van der Waals surface area (Å²) in [6.07, 6.45) is 0. The third kappa shape index (κ3) is 3.04. The lowest BCUT2D eigenvalue weighted by Gasteiger charge is -2.12. The topological polar surface area (TPSA) is 62.5 Å². The molecule has 0 aliphatic carbocycles. The number of nitrogens with one attached hydrogen (secondary N) is 1. The molecule has 2 N–H and O–H groups in total. The van der Waals surface area contributed by atoms with Crippen molar-refractivity contribution in [2.75, 3.05) is 5.32 Å². The molecule has 1 aromatic carbocycles. The zero-order valence-electron chi connectivity index (χ0n) is 11.6. The monoisotopic (exact) mass is 337 g/mol. The molecule has 5 heteroatoms. The van der Waals surface area contributed by atoms with Crippen molar-refractivity contribution in [3.05, 3.63) is 50.9 Å². The number of benzene rings is 1. The van der Waals surface area contributed by atoms with Crippen LogP contribution in [0, 0.1) is 20.8 Å². The molecule has 4 nitrogen and oxygen atoms in total. The van der Waals surface area contributed by atoms with Crippen LogP contribution < -0.4 is 5.32 Å². The van der Waals surface area contributed by atoms with E-state index in [0.29, 0.717) is 18.1 Å². The van der Waals surface area contributed by atoms with Crippen LogP contribution in [0.25, 0.3) is 0 Å². The Kier molecular flexibility index (Phi) is 4.18. The Labute approximate surface area is 125 Å². The molecule has 106 valence electrons. The summed E-state index contributed by atoms with van der Waals surface area (Å²) in [6.45, 7) is 6.16. The van der Waals surface area contributed by atoms with Gasteiger partial charge in [-0.1, -0.05) is 15.9 Å². The standard InChI is InChI=1S/C15H16BrNO3/c1-8-4-11(16)5-9(2)14(8)17-7-12-6-13(15(18)19)10(3)20-12/h4-6,17H,7H2,1-3H3,(H,18,19). The summed E-state index contributed by atoms with van der Waals surface area (Å²) in [5.74, 6) is 0.0775. The lowest BCUT2D eigenvalue weighted by molar-refractivity contribution is 0.0695. The van der Waals surface area contributed by atoms with E-state index in [-0.39, 0.29) is 5.56 Å².